The Kier molecular flexibility index (Phi) is 7.07. The molecule has 1 aliphatic heterocycles. The molecule has 0 spiro atoms. The van der Waals surface area contributed by atoms with Crippen molar-refractivity contribution in [1.82, 2.24) is 30.2 Å². The topological polar surface area (TPSA) is 160 Å². The Morgan fingerprint density at radius 1 is 1.21 bits per heavy atom. The third-order valence-corrected chi connectivity index (χ3v) is 6.48. The van der Waals surface area contributed by atoms with Gasteiger partial charge >= 0.3 is 0 Å². The number of fused-ring (bicyclic) bond motifs is 1. The van der Waals surface area contributed by atoms with Crippen LogP contribution in [0.25, 0.3) is 22.9 Å². The molecular formula is C26H27FN8O4. The minimum absolute atomic E-state index is 0.00202. The first kappa shape index (κ1) is 26.0. The van der Waals surface area contributed by atoms with E-state index in [1.54, 1.807) is 35.0 Å². The number of hydrogen-bond acceptors (Lipinski definition) is 9. The Bertz CT molecular complexity index is 1520. The van der Waals surface area contributed by atoms with Gasteiger partial charge in [0.15, 0.2) is 11.2 Å². The first-order valence-electron chi connectivity index (χ1n) is 12.5. The van der Waals surface area contributed by atoms with Crippen LogP contribution in [-0.4, -0.2) is 61.5 Å². The van der Waals surface area contributed by atoms with E-state index in [9.17, 15) is 14.0 Å². The second-order valence-corrected chi connectivity index (χ2v) is 9.15. The fourth-order valence-electron chi connectivity index (χ4n) is 4.41. The number of aromatic nitrogens is 5. The molecule has 4 heterocycles. The Balaban J connectivity index is 1.61. The summed E-state index contributed by atoms with van der Waals surface area (Å²) in [6, 6.07) is 9.76. The predicted octanol–water partition coefficient (Wildman–Crippen LogP) is 2.32. The average Bonchev–Trinajstić information content (AvgIpc) is 3.66. The maximum Gasteiger partial charge on any atom is 0.245 e. The zero-order valence-electron chi connectivity index (χ0n) is 21.4. The van der Waals surface area contributed by atoms with Gasteiger partial charge < -0.3 is 25.6 Å². The summed E-state index contributed by atoms with van der Waals surface area (Å²) in [5.41, 5.74) is 0.495. The van der Waals surface area contributed by atoms with Crippen LogP contribution in [0.15, 0.2) is 47.2 Å². The standard InChI is InChI=1S/C26H27FN8O4/c1-3-9-28-22-20-23(32-25(38)26(20,2)24(37)29-10-11-36)31-21(30-22)18-13-19(17-8-12-39-34-17)35(33-18)14-15-6-4-5-7-16(15)27/h4-8,12-13,36H,3,9-11,14H2,1-2H3,(H,29,37)(H2,28,30,31,32,38). The van der Waals surface area contributed by atoms with Crippen molar-refractivity contribution in [2.75, 3.05) is 30.3 Å². The summed E-state index contributed by atoms with van der Waals surface area (Å²) < 4.78 is 21.0. The molecule has 2 amide bonds. The summed E-state index contributed by atoms with van der Waals surface area (Å²) in [5.74, 6) is -0.842. The van der Waals surface area contributed by atoms with Gasteiger partial charge in [-0.05, 0) is 25.5 Å². The molecule has 0 fully saturated rings. The number of anilines is 2. The average molecular weight is 535 g/mol. The van der Waals surface area contributed by atoms with E-state index in [-0.39, 0.29) is 37.2 Å². The van der Waals surface area contributed by atoms with Gasteiger partial charge in [-0.25, -0.2) is 14.4 Å². The van der Waals surface area contributed by atoms with Crippen LogP contribution in [0.3, 0.4) is 0 Å². The van der Waals surface area contributed by atoms with Gasteiger partial charge in [-0.2, -0.15) is 5.10 Å². The van der Waals surface area contributed by atoms with Crippen molar-refractivity contribution in [3.05, 3.63) is 59.6 Å². The minimum Gasteiger partial charge on any atom is -0.395 e. The molecule has 1 aliphatic rings. The number of nitrogens with zero attached hydrogens (tertiary/aromatic N) is 5. The predicted molar refractivity (Wildman–Crippen MR) is 139 cm³/mol. The molecule has 0 saturated heterocycles. The highest BCUT2D eigenvalue weighted by Gasteiger charge is 2.52. The monoisotopic (exact) mass is 534 g/mol. The van der Waals surface area contributed by atoms with E-state index in [4.69, 9.17) is 9.63 Å². The zero-order chi connectivity index (χ0) is 27.6. The van der Waals surface area contributed by atoms with Crippen molar-refractivity contribution in [3.8, 4) is 22.9 Å². The number of benzene rings is 1. The summed E-state index contributed by atoms with van der Waals surface area (Å²) in [4.78, 5) is 35.3. The number of aliphatic hydroxyl groups excluding tert-OH is 1. The van der Waals surface area contributed by atoms with Crippen LogP contribution in [-0.2, 0) is 21.5 Å². The Hall–Kier alpha value is -4.65. The van der Waals surface area contributed by atoms with Gasteiger partial charge in [-0.15, -0.1) is 0 Å². The minimum atomic E-state index is -1.62. The number of halogens is 1. The van der Waals surface area contributed by atoms with Crippen LogP contribution in [0.4, 0.5) is 16.0 Å². The van der Waals surface area contributed by atoms with E-state index in [2.05, 4.69) is 36.2 Å². The lowest BCUT2D eigenvalue weighted by Crippen LogP contribution is -2.48. The molecule has 5 rings (SSSR count). The van der Waals surface area contributed by atoms with E-state index in [1.165, 1.54) is 19.3 Å². The van der Waals surface area contributed by atoms with Gasteiger partial charge in [-0.3, -0.25) is 14.3 Å². The molecule has 4 aromatic rings. The van der Waals surface area contributed by atoms with Crippen LogP contribution >= 0.6 is 0 Å². The van der Waals surface area contributed by atoms with Gasteiger partial charge in [0, 0.05) is 24.7 Å². The lowest BCUT2D eigenvalue weighted by molar-refractivity contribution is -0.133. The number of hydrogen-bond donors (Lipinski definition) is 4. The van der Waals surface area contributed by atoms with Crippen molar-refractivity contribution in [2.24, 2.45) is 0 Å². The quantitative estimate of drug-likeness (QED) is 0.224. The second kappa shape index (κ2) is 10.6. The number of nitrogens with one attached hydrogen (secondary N) is 3. The summed E-state index contributed by atoms with van der Waals surface area (Å²) in [6.07, 6.45) is 2.18. The SMILES string of the molecule is CCCNc1nc(-c2cc(-c3ccon3)n(Cc3ccccc3F)n2)nc2c1C(C)(C(=O)NCCO)C(=O)N2. The number of carbonyl (C=O) groups is 2. The van der Waals surface area contributed by atoms with E-state index >= 15 is 0 Å². The first-order valence-corrected chi connectivity index (χ1v) is 12.5. The third-order valence-electron chi connectivity index (χ3n) is 6.48. The van der Waals surface area contributed by atoms with E-state index in [0.29, 0.717) is 40.6 Å². The van der Waals surface area contributed by atoms with E-state index < -0.39 is 17.2 Å². The Morgan fingerprint density at radius 3 is 2.74 bits per heavy atom. The molecule has 0 radical (unpaired) electrons. The zero-order valence-corrected chi connectivity index (χ0v) is 21.4. The largest absolute Gasteiger partial charge is 0.395 e. The molecule has 0 bridgehead atoms. The Labute approximate surface area is 222 Å². The van der Waals surface area contributed by atoms with Crippen molar-refractivity contribution in [1.29, 1.82) is 0 Å². The number of aliphatic hydroxyl groups is 1. The van der Waals surface area contributed by atoms with Crippen molar-refractivity contribution in [2.45, 2.75) is 32.2 Å². The molecule has 3 aromatic heterocycles. The van der Waals surface area contributed by atoms with Gasteiger partial charge in [0.2, 0.25) is 11.8 Å². The molecule has 4 N–H and O–H groups in total. The normalized spacial score (nSPS) is 16.2. The van der Waals surface area contributed by atoms with E-state index in [1.807, 2.05) is 6.92 Å². The lowest BCUT2D eigenvalue weighted by Gasteiger charge is -2.23. The van der Waals surface area contributed by atoms with Crippen LogP contribution in [0, 0.1) is 5.82 Å². The first-order chi connectivity index (χ1) is 18.9. The molecule has 0 saturated carbocycles. The molecule has 1 unspecified atom stereocenters. The van der Waals surface area contributed by atoms with Gasteiger partial charge in [-0.1, -0.05) is 30.3 Å². The van der Waals surface area contributed by atoms with Crippen molar-refractivity contribution >= 4 is 23.5 Å². The fraction of sp³-hybridized carbons (Fsp3) is 0.308. The maximum atomic E-state index is 14.5. The highest BCUT2D eigenvalue weighted by molar-refractivity contribution is 6.21. The van der Waals surface area contributed by atoms with Crippen molar-refractivity contribution < 1.29 is 23.6 Å². The summed E-state index contributed by atoms with van der Waals surface area (Å²) >= 11 is 0. The van der Waals surface area contributed by atoms with Crippen LogP contribution in [0.2, 0.25) is 0 Å². The van der Waals surface area contributed by atoms with Crippen molar-refractivity contribution in [3.63, 3.8) is 0 Å². The lowest BCUT2D eigenvalue weighted by atomic mass is 9.83. The number of amides is 2. The van der Waals surface area contributed by atoms with Crippen LogP contribution in [0.5, 0.6) is 0 Å². The maximum absolute atomic E-state index is 14.5. The fourth-order valence-corrected chi connectivity index (χ4v) is 4.41. The highest BCUT2D eigenvalue weighted by Crippen LogP contribution is 2.42. The van der Waals surface area contributed by atoms with Crippen LogP contribution < -0.4 is 16.0 Å². The number of carbonyl (C=O) groups excluding carboxylic acids is 2. The summed E-state index contributed by atoms with van der Waals surface area (Å²) in [7, 11) is 0. The molecule has 0 aliphatic carbocycles. The second-order valence-electron chi connectivity index (χ2n) is 9.15. The summed E-state index contributed by atoms with van der Waals surface area (Å²) in [5, 5.41) is 26.3. The smallest absolute Gasteiger partial charge is 0.245 e. The molecular weight excluding hydrogens is 507 g/mol. The molecule has 1 atom stereocenters. The highest BCUT2D eigenvalue weighted by atomic mass is 19.1. The van der Waals surface area contributed by atoms with Gasteiger partial charge in [0.1, 0.15) is 35.1 Å². The van der Waals surface area contributed by atoms with E-state index in [0.717, 1.165) is 6.42 Å². The third kappa shape index (κ3) is 4.72. The molecule has 202 valence electrons. The molecule has 39 heavy (non-hydrogen) atoms. The molecule has 1 aromatic carbocycles. The molecule has 12 nitrogen and oxygen atoms in total. The van der Waals surface area contributed by atoms with Crippen LogP contribution in [0.1, 0.15) is 31.4 Å². The summed E-state index contributed by atoms with van der Waals surface area (Å²) in [6.45, 7) is 3.83. The van der Waals surface area contributed by atoms with Gasteiger partial charge in [0.25, 0.3) is 0 Å². The Morgan fingerprint density at radius 2 is 2.03 bits per heavy atom. The number of rotatable bonds is 10. The van der Waals surface area contributed by atoms with Gasteiger partial charge in [0.05, 0.1) is 24.4 Å². The molecule has 13 heteroatoms.